The number of anilines is 1. The van der Waals surface area contributed by atoms with Crippen molar-refractivity contribution in [3.63, 3.8) is 0 Å². The molecule has 0 fully saturated rings. The van der Waals surface area contributed by atoms with E-state index in [0.29, 0.717) is 29.7 Å². The number of aromatic nitrogens is 1. The van der Waals surface area contributed by atoms with Crippen molar-refractivity contribution in [3.05, 3.63) is 69.8 Å². The first kappa shape index (κ1) is 28.7. The first-order chi connectivity index (χ1) is 18.2. The van der Waals surface area contributed by atoms with Crippen LogP contribution in [-0.2, 0) is 20.9 Å². The predicted octanol–water partition coefficient (Wildman–Crippen LogP) is 6.13. The van der Waals surface area contributed by atoms with Crippen LogP contribution in [0.2, 0.25) is 0 Å². The van der Waals surface area contributed by atoms with Gasteiger partial charge in [0.25, 0.3) is 5.91 Å². The maximum atomic E-state index is 14.5. The summed E-state index contributed by atoms with van der Waals surface area (Å²) in [5.74, 6) is -4.58. The third-order valence-electron chi connectivity index (χ3n) is 5.57. The zero-order valence-electron chi connectivity index (χ0n) is 21.3. The molecule has 0 aliphatic carbocycles. The molecular weight excluding hydrogens is 518 g/mol. The van der Waals surface area contributed by atoms with Gasteiger partial charge in [0.2, 0.25) is 5.76 Å². The van der Waals surface area contributed by atoms with Crippen molar-refractivity contribution in [2.24, 2.45) is 0 Å². The van der Waals surface area contributed by atoms with E-state index in [0.717, 1.165) is 49.0 Å². The molecule has 1 heterocycles. The first-order valence-electron chi connectivity index (χ1n) is 11.7. The lowest BCUT2D eigenvalue weighted by Crippen LogP contribution is -2.13. The van der Waals surface area contributed by atoms with Crippen LogP contribution in [0.4, 0.5) is 13.9 Å². The molecule has 2 aromatic carbocycles. The lowest BCUT2D eigenvalue weighted by Gasteiger charge is -2.16. The van der Waals surface area contributed by atoms with E-state index in [9.17, 15) is 18.4 Å². The second kappa shape index (κ2) is 13.1. The minimum Gasteiger partial charge on any atom is -0.496 e. The highest BCUT2D eigenvalue weighted by atomic mass is 32.1. The number of methoxy groups -OCH3 is 2. The Kier molecular flexibility index (Phi) is 9.91. The van der Waals surface area contributed by atoms with Crippen molar-refractivity contribution >= 4 is 34.4 Å². The van der Waals surface area contributed by atoms with Crippen LogP contribution in [0.5, 0.6) is 5.75 Å². The van der Waals surface area contributed by atoms with E-state index in [-0.39, 0.29) is 16.8 Å². The zero-order chi connectivity index (χ0) is 27.8. The molecule has 3 rings (SSSR count). The van der Waals surface area contributed by atoms with Crippen LogP contribution in [0.3, 0.4) is 0 Å². The number of para-hydroxylation sites is 1. The van der Waals surface area contributed by atoms with Crippen molar-refractivity contribution in [1.82, 2.24) is 4.98 Å². The van der Waals surface area contributed by atoms with Crippen LogP contribution in [0, 0.1) is 11.6 Å². The van der Waals surface area contributed by atoms with Gasteiger partial charge in [0.05, 0.1) is 32.6 Å². The number of carboxylic acids is 1. The molecular formula is C27H28F2N2O6S. The number of carbonyl (C=O) groups is 2. The summed E-state index contributed by atoms with van der Waals surface area (Å²) in [4.78, 5) is 28.2. The lowest BCUT2D eigenvalue weighted by atomic mass is 10.1. The molecule has 3 aromatic rings. The number of thiazole rings is 1. The summed E-state index contributed by atoms with van der Waals surface area (Å²) in [6.07, 6.45) is 2.78. The van der Waals surface area contributed by atoms with Crippen molar-refractivity contribution in [1.29, 1.82) is 0 Å². The zero-order valence-corrected chi connectivity index (χ0v) is 22.2. The summed E-state index contributed by atoms with van der Waals surface area (Å²) in [6, 6.07) is 7.21. The van der Waals surface area contributed by atoms with E-state index in [2.05, 4.69) is 22.0 Å². The quantitative estimate of drug-likeness (QED) is 0.208. The largest absolute Gasteiger partial charge is 0.496 e. The van der Waals surface area contributed by atoms with Crippen LogP contribution in [-0.4, -0.2) is 42.3 Å². The predicted molar refractivity (Wildman–Crippen MR) is 140 cm³/mol. The van der Waals surface area contributed by atoms with E-state index in [1.807, 2.05) is 25.1 Å². The number of hydrogen-bond donors (Lipinski definition) is 2. The first-order valence-corrected chi connectivity index (χ1v) is 12.6. The van der Waals surface area contributed by atoms with Gasteiger partial charge in [-0.05, 0) is 31.5 Å². The molecule has 202 valence electrons. The molecule has 8 nitrogen and oxygen atoms in total. The van der Waals surface area contributed by atoms with Crippen LogP contribution >= 0.6 is 11.3 Å². The summed E-state index contributed by atoms with van der Waals surface area (Å²) in [5.41, 5.74) is 1.16. The van der Waals surface area contributed by atoms with Crippen LogP contribution < -0.4 is 10.1 Å². The molecule has 0 bridgehead atoms. The SMILES string of the molecule is CCCC(C)OCc1cccc(-c2csc(NC(=O)c3cc(F)c(C=C(OC)C(=O)O)c(F)c3)n2)c1OC. The highest BCUT2D eigenvalue weighted by Crippen LogP contribution is 2.35. The number of halogens is 2. The fourth-order valence-corrected chi connectivity index (χ4v) is 4.39. The summed E-state index contributed by atoms with van der Waals surface area (Å²) in [7, 11) is 2.62. The number of amides is 1. The smallest absolute Gasteiger partial charge is 0.371 e. The molecule has 0 saturated carbocycles. The normalized spacial score (nSPS) is 12.2. The molecule has 11 heteroatoms. The number of aliphatic carboxylic acids is 1. The Labute approximate surface area is 222 Å². The lowest BCUT2D eigenvalue weighted by molar-refractivity contribution is -0.135. The van der Waals surface area contributed by atoms with E-state index in [1.54, 1.807) is 12.5 Å². The van der Waals surface area contributed by atoms with Crippen molar-refractivity contribution in [2.45, 2.75) is 39.4 Å². The van der Waals surface area contributed by atoms with Gasteiger partial charge in [-0.3, -0.25) is 10.1 Å². The number of carboxylic acid groups (broad SMARTS) is 1. The molecule has 38 heavy (non-hydrogen) atoms. The molecule has 0 saturated heterocycles. The molecule has 2 N–H and O–H groups in total. The van der Waals surface area contributed by atoms with Crippen LogP contribution in [0.1, 0.15) is 48.2 Å². The minimum absolute atomic E-state index is 0.105. The average Bonchev–Trinajstić information content (AvgIpc) is 3.34. The maximum Gasteiger partial charge on any atom is 0.371 e. The van der Waals surface area contributed by atoms with Gasteiger partial charge in [-0.15, -0.1) is 11.3 Å². The minimum atomic E-state index is -1.49. The molecule has 1 amide bonds. The summed E-state index contributed by atoms with van der Waals surface area (Å²) in [6.45, 7) is 4.48. The van der Waals surface area contributed by atoms with Gasteiger partial charge in [0.15, 0.2) is 5.13 Å². The standard InChI is InChI=1S/C27H28F2N2O6S/c1-5-7-15(2)37-13-16-8-6-9-18(24(16)36-4)22-14-38-27(30-22)31-25(32)17-10-20(28)19(21(29)11-17)12-23(35-3)26(33)34/h6,8-12,14-15H,5,7,13H2,1-4H3,(H,33,34)(H,30,31,32). The Morgan fingerprint density at radius 3 is 2.53 bits per heavy atom. The third kappa shape index (κ3) is 6.93. The highest BCUT2D eigenvalue weighted by molar-refractivity contribution is 7.14. The Bertz CT molecular complexity index is 1320. The second-order valence-corrected chi connectivity index (χ2v) is 9.13. The Morgan fingerprint density at radius 1 is 1.21 bits per heavy atom. The van der Waals surface area contributed by atoms with Gasteiger partial charge in [-0.25, -0.2) is 18.6 Å². The van der Waals surface area contributed by atoms with E-state index in [1.165, 1.54) is 0 Å². The number of nitrogens with zero attached hydrogens (tertiary/aromatic N) is 1. The fourth-order valence-electron chi connectivity index (χ4n) is 3.68. The number of carbonyl (C=O) groups excluding carboxylic acids is 1. The second-order valence-electron chi connectivity index (χ2n) is 8.27. The van der Waals surface area contributed by atoms with Crippen LogP contribution in [0.25, 0.3) is 17.3 Å². The third-order valence-corrected chi connectivity index (χ3v) is 6.32. The van der Waals surface area contributed by atoms with Crippen molar-refractivity contribution in [3.8, 4) is 17.0 Å². The highest BCUT2D eigenvalue weighted by Gasteiger charge is 2.19. The van der Waals surface area contributed by atoms with Gasteiger partial charge in [-0.1, -0.05) is 25.5 Å². The average molecular weight is 547 g/mol. The monoisotopic (exact) mass is 546 g/mol. The number of hydrogen-bond acceptors (Lipinski definition) is 7. The molecule has 0 radical (unpaired) electrons. The summed E-state index contributed by atoms with van der Waals surface area (Å²) >= 11 is 1.13. The van der Waals surface area contributed by atoms with Gasteiger partial charge in [-0.2, -0.15) is 0 Å². The van der Waals surface area contributed by atoms with E-state index < -0.39 is 34.8 Å². The number of benzene rings is 2. The Morgan fingerprint density at radius 2 is 1.92 bits per heavy atom. The number of ether oxygens (including phenoxy) is 3. The number of nitrogens with one attached hydrogen (secondary N) is 1. The summed E-state index contributed by atoms with van der Waals surface area (Å²) < 4.78 is 45.2. The topological polar surface area (TPSA) is 107 Å². The molecule has 0 spiro atoms. The van der Waals surface area contributed by atoms with E-state index >= 15 is 0 Å². The molecule has 1 aromatic heterocycles. The van der Waals surface area contributed by atoms with Gasteiger partial charge < -0.3 is 19.3 Å². The summed E-state index contributed by atoms with van der Waals surface area (Å²) in [5, 5.41) is 13.5. The van der Waals surface area contributed by atoms with Crippen molar-refractivity contribution < 1.29 is 37.7 Å². The fraction of sp³-hybridized carbons (Fsp3) is 0.296. The van der Waals surface area contributed by atoms with Crippen LogP contribution in [0.15, 0.2) is 41.5 Å². The Hall–Kier alpha value is -3.83. The maximum absolute atomic E-state index is 14.5. The molecule has 0 aliphatic rings. The molecule has 0 aliphatic heterocycles. The van der Waals surface area contributed by atoms with Gasteiger partial charge >= 0.3 is 5.97 Å². The van der Waals surface area contributed by atoms with Crippen molar-refractivity contribution in [2.75, 3.05) is 19.5 Å². The van der Waals surface area contributed by atoms with E-state index in [4.69, 9.17) is 14.6 Å². The molecule has 1 unspecified atom stereocenters. The van der Waals surface area contributed by atoms with Gasteiger partial charge in [0, 0.05) is 33.7 Å². The Balaban J connectivity index is 1.80. The number of rotatable bonds is 12. The van der Waals surface area contributed by atoms with Gasteiger partial charge in [0.1, 0.15) is 17.4 Å². The molecule has 1 atom stereocenters.